The van der Waals surface area contributed by atoms with Gasteiger partial charge in [0.25, 0.3) is 0 Å². The van der Waals surface area contributed by atoms with Gasteiger partial charge in [-0.1, -0.05) is 72.4 Å². The average Bonchev–Trinajstić information content (AvgIpc) is 3.61. The molecule has 5 rings (SSSR count). The Kier molecular flexibility index (Phi) is 6.07. The lowest BCUT2D eigenvalue weighted by atomic mass is 10.1. The summed E-state index contributed by atoms with van der Waals surface area (Å²) in [5.74, 6) is 1.44. The quantitative estimate of drug-likeness (QED) is 0.374. The Hall–Kier alpha value is -3.32. The Balaban J connectivity index is 1.52. The third-order valence-electron chi connectivity index (χ3n) is 5.61. The van der Waals surface area contributed by atoms with Crippen LogP contribution in [0.15, 0.2) is 88.6 Å². The molecule has 0 unspecified atom stereocenters. The van der Waals surface area contributed by atoms with Gasteiger partial charge in [-0.15, -0.1) is 10.2 Å². The fraction of sp³-hybridized carbons (Fsp3) is 0.240. The van der Waals surface area contributed by atoms with Gasteiger partial charge in [-0.05, 0) is 36.1 Å². The second-order valence-electron chi connectivity index (χ2n) is 7.80. The molecule has 2 aromatic carbocycles. The molecule has 1 atom stereocenters. The zero-order valence-electron chi connectivity index (χ0n) is 17.6. The van der Waals surface area contributed by atoms with Crippen molar-refractivity contribution in [1.29, 1.82) is 0 Å². The Morgan fingerprint density at radius 1 is 0.938 bits per heavy atom. The van der Waals surface area contributed by atoms with Crippen molar-refractivity contribution in [2.45, 2.75) is 29.8 Å². The zero-order valence-corrected chi connectivity index (χ0v) is 18.4. The lowest BCUT2D eigenvalue weighted by Crippen LogP contribution is -2.31. The number of nitrogens with zero attached hydrogens (tertiary/aromatic N) is 4. The Morgan fingerprint density at radius 2 is 1.66 bits per heavy atom. The van der Waals surface area contributed by atoms with E-state index in [9.17, 15) is 4.79 Å². The van der Waals surface area contributed by atoms with E-state index in [0.29, 0.717) is 23.3 Å². The highest BCUT2D eigenvalue weighted by Gasteiger charge is 2.31. The van der Waals surface area contributed by atoms with Gasteiger partial charge in [0.15, 0.2) is 10.9 Å². The van der Waals surface area contributed by atoms with Crippen LogP contribution in [0.5, 0.6) is 0 Å². The van der Waals surface area contributed by atoms with Gasteiger partial charge in [0, 0.05) is 13.1 Å². The van der Waals surface area contributed by atoms with Crippen LogP contribution in [0.1, 0.15) is 29.2 Å². The molecule has 0 aliphatic carbocycles. The molecule has 1 fully saturated rings. The molecule has 0 saturated carbocycles. The van der Waals surface area contributed by atoms with Crippen LogP contribution in [0.25, 0.3) is 11.6 Å². The number of hydrogen-bond donors (Lipinski definition) is 0. The third-order valence-corrected chi connectivity index (χ3v) is 6.83. The molecular formula is C25H24N4O2S. The predicted octanol–water partition coefficient (Wildman–Crippen LogP) is 5.04. The van der Waals surface area contributed by atoms with Gasteiger partial charge in [-0.25, -0.2) is 0 Å². The maximum atomic E-state index is 13.5. The first-order valence-electron chi connectivity index (χ1n) is 10.8. The van der Waals surface area contributed by atoms with Crippen molar-refractivity contribution in [2.24, 2.45) is 0 Å². The molecule has 4 aromatic rings. The van der Waals surface area contributed by atoms with Crippen molar-refractivity contribution < 1.29 is 9.21 Å². The fourth-order valence-electron chi connectivity index (χ4n) is 3.97. The van der Waals surface area contributed by atoms with E-state index < -0.39 is 0 Å². The number of hydrogen-bond acceptors (Lipinski definition) is 5. The van der Waals surface area contributed by atoms with Gasteiger partial charge < -0.3 is 9.32 Å². The van der Waals surface area contributed by atoms with Crippen LogP contribution in [0, 0.1) is 0 Å². The van der Waals surface area contributed by atoms with Gasteiger partial charge >= 0.3 is 0 Å². The Bertz CT molecular complexity index is 1150. The number of rotatable bonds is 7. The summed E-state index contributed by atoms with van der Waals surface area (Å²) in [6.45, 7) is 2.22. The molecule has 32 heavy (non-hydrogen) atoms. The highest BCUT2D eigenvalue weighted by Crippen LogP contribution is 2.38. The molecule has 162 valence electrons. The molecule has 7 heteroatoms. The van der Waals surface area contributed by atoms with Crippen LogP contribution in [-0.4, -0.2) is 38.7 Å². The number of furan rings is 1. The third kappa shape index (κ3) is 4.34. The monoisotopic (exact) mass is 444 g/mol. The van der Waals surface area contributed by atoms with Crippen molar-refractivity contribution in [3.05, 3.63) is 90.2 Å². The zero-order chi connectivity index (χ0) is 21.8. The summed E-state index contributed by atoms with van der Waals surface area (Å²) in [6.07, 6.45) is 3.75. The minimum atomic E-state index is -0.377. The second-order valence-corrected chi connectivity index (χ2v) is 8.87. The van der Waals surface area contributed by atoms with E-state index in [1.54, 1.807) is 6.26 Å². The Morgan fingerprint density at radius 3 is 2.34 bits per heavy atom. The van der Waals surface area contributed by atoms with Crippen LogP contribution in [0.3, 0.4) is 0 Å². The molecule has 0 spiro atoms. The van der Waals surface area contributed by atoms with Gasteiger partial charge in [0.1, 0.15) is 5.25 Å². The minimum Gasteiger partial charge on any atom is -0.461 e. The molecule has 0 radical (unpaired) electrons. The van der Waals surface area contributed by atoms with E-state index in [2.05, 4.69) is 22.3 Å². The van der Waals surface area contributed by atoms with E-state index in [4.69, 9.17) is 4.42 Å². The molecule has 1 aliphatic heterocycles. The molecule has 1 amide bonds. The van der Waals surface area contributed by atoms with Crippen molar-refractivity contribution >= 4 is 17.7 Å². The number of amides is 1. The average molecular weight is 445 g/mol. The predicted molar refractivity (Wildman–Crippen MR) is 124 cm³/mol. The van der Waals surface area contributed by atoms with E-state index in [0.717, 1.165) is 37.1 Å². The van der Waals surface area contributed by atoms with E-state index in [1.165, 1.54) is 11.8 Å². The lowest BCUT2D eigenvalue weighted by Gasteiger charge is -2.23. The van der Waals surface area contributed by atoms with Crippen LogP contribution in [-0.2, 0) is 11.3 Å². The van der Waals surface area contributed by atoms with Crippen LogP contribution < -0.4 is 0 Å². The highest BCUT2D eigenvalue weighted by molar-refractivity contribution is 8.00. The lowest BCUT2D eigenvalue weighted by molar-refractivity contribution is -0.129. The van der Waals surface area contributed by atoms with Crippen molar-refractivity contribution in [3.63, 3.8) is 0 Å². The number of carbonyl (C=O) groups excluding carboxylic acids is 1. The molecular weight excluding hydrogens is 420 g/mol. The summed E-state index contributed by atoms with van der Waals surface area (Å²) in [5.41, 5.74) is 2.10. The molecule has 2 aromatic heterocycles. The SMILES string of the molecule is O=C([C@@H](Sc1nnc(-c2ccco2)n1Cc1ccccc1)c1ccccc1)N1CCCC1. The largest absolute Gasteiger partial charge is 0.461 e. The van der Waals surface area contributed by atoms with Gasteiger partial charge in [0.05, 0.1) is 12.8 Å². The molecule has 0 bridgehead atoms. The fourth-order valence-corrected chi connectivity index (χ4v) is 5.09. The number of benzene rings is 2. The summed E-state index contributed by atoms with van der Waals surface area (Å²) in [5, 5.41) is 9.24. The smallest absolute Gasteiger partial charge is 0.240 e. The standard InChI is InChI=1S/C25H24N4O2S/c30-24(28-15-7-8-16-28)22(20-12-5-2-6-13-20)32-25-27-26-23(21-14-9-17-31-21)29(25)18-19-10-3-1-4-11-19/h1-6,9-14,17,22H,7-8,15-16,18H2/t22-/m0/s1. The highest BCUT2D eigenvalue weighted by atomic mass is 32.2. The van der Waals surface area contributed by atoms with E-state index in [-0.39, 0.29) is 11.2 Å². The van der Waals surface area contributed by atoms with Crippen LogP contribution in [0.2, 0.25) is 0 Å². The number of thioether (sulfide) groups is 1. The summed E-state index contributed by atoms with van der Waals surface area (Å²) >= 11 is 1.46. The molecule has 3 heterocycles. The van der Waals surface area contributed by atoms with E-state index >= 15 is 0 Å². The van der Waals surface area contributed by atoms with Crippen LogP contribution >= 0.6 is 11.8 Å². The first-order chi connectivity index (χ1) is 15.8. The Labute approximate surface area is 191 Å². The maximum Gasteiger partial charge on any atom is 0.240 e. The molecule has 0 N–H and O–H groups in total. The van der Waals surface area contributed by atoms with Gasteiger partial charge in [-0.3, -0.25) is 9.36 Å². The number of carbonyl (C=O) groups is 1. The summed E-state index contributed by atoms with van der Waals surface area (Å²) < 4.78 is 7.66. The summed E-state index contributed by atoms with van der Waals surface area (Å²) in [6, 6.07) is 23.8. The first kappa shape index (κ1) is 20.6. The molecule has 1 saturated heterocycles. The minimum absolute atomic E-state index is 0.132. The topological polar surface area (TPSA) is 64.2 Å². The molecule has 6 nitrogen and oxygen atoms in total. The number of aromatic nitrogens is 3. The van der Waals surface area contributed by atoms with E-state index in [1.807, 2.05) is 70.1 Å². The van der Waals surface area contributed by atoms with Crippen molar-refractivity contribution in [1.82, 2.24) is 19.7 Å². The van der Waals surface area contributed by atoms with Gasteiger partial charge in [0.2, 0.25) is 11.7 Å². The van der Waals surface area contributed by atoms with Crippen molar-refractivity contribution in [2.75, 3.05) is 13.1 Å². The first-order valence-corrected chi connectivity index (χ1v) is 11.7. The van der Waals surface area contributed by atoms with Crippen LogP contribution in [0.4, 0.5) is 0 Å². The summed E-state index contributed by atoms with van der Waals surface area (Å²) in [7, 11) is 0. The maximum absolute atomic E-state index is 13.5. The van der Waals surface area contributed by atoms with Crippen molar-refractivity contribution in [3.8, 4) is 11.6 Å². The number of likely N-dealkylation sites (tertiary alicyclic amines) is 1. The summed E-state index contributed by atoms with van der Waals surface area (Å²) in [4.78, 5) is 15.5. The normalized spacial score (nSPS) is 14.6. The second kappa shape index (κ2) is 9.44. The molecule has 1 aliphatic rings. The van der Waals surface area contributed by atoms with Gasteiger partial charge in [-0.2, -0.15) is 0 Å².